The van der Waals surface area contributed by atoms with Crippen LogP contribution in [-0.2, 0) is 29.0 Å². The number of aromatic hydroxyl groups is 1. The number of likely N-dealkylation sites (N-methyl/N-ethyl adjacent to an activating group) is 1. The number of amides is 2. The molecule has 0 spiro atoms. The first-order valence-corrected chi connectivity index (χ1v) is 18.5. The number of rotatable bonds is 9. The van der Waals surface area contributed by atoms with E-state index in [4.69, 9.17) is 24.2 Å². The molecule has 3 heterocycles. The Morgan fingerprint density at radius 3 is 2.52 bits per heavy atom. The summed E-state index contributed by atoms with van der Waals surface area (Å²) in [7, 11) is 1.74. The Labute approximate surface area is 315 Å². The summed E-state index contributed by atoms with van der Waals surface area (Å²) in [6.45, 7) is 8.17. The van der Waals surface area contributed by atoms with E-state index in [0.717, 1.165) is 46.1 Å². The molecule has 0 bridgehead atoms. The molecule has 0 radical (unpaired) electrons. The van der Waals surface area contributed by atoms with Gasteiger partial charge in [-0.2, -0.15) is 15.2 Å². The summed E-state index contributed by atoms with van der Waals surface area (Å²) in [6.07, 6.45) is 1.42. The van der Waals surface area contributed by atoms with E-state index >= 15 is 0 Å². The highest BCUT2D eigenvalue weighted by atomic mass is 16.6. The molecule has 282 valence electrons. The Hall–Kier alpha value is -5.77. The van der Waals surface area contributed by atoms with Crippen molar-refractivity contribution in [3.05, 3.63) is 83.6 Å². The van der Waals surface area contributed by atoms with Crippen molar-refractivity contribution >= 4 is 34.5 Å². The minimum Gasteiger partial charge on any atom is -0.508 e. The summed E-state index contributed by atoms with van der Waals surface area (Å²) in [6, 6.07) is 23.1. The molecule has 2 amide bonds. The van der Waals surface area contributed by atoms with Crippen molar-refractivity contribution < 1.29 is 28.9 Å². The van der Waals surface area contributed by atoms with Gasteiger partial charge in [-0.1, -0.05) is 54.6 Å². The van der Waals surface area contributed by atoms with Gasteiger partial charge in [0.05, 0.1) is 36.3 Å². The maximum atomic E-state index is 13.3. The number of phenols is 1. The first-order valence-electron chi connectivity index (χ1n) is 18.5. The topological polar surface area (TPSA) is 145 Å². The van der Waals surface area contributed by atoms with Gasteiger partial charge in [0, 0.05) is 55.9 Å². The summed E-state index contributed by atoms with van der Waals surface area (Å²) < 4.78 is 17.7. The van der Waals surface area contributed by atoms with Crippen LogP contribution in [0.1, 0.15) is 56.9 Å². The van der Waals surface area contributed by atoms with Crippen LogP contribution in [0, 0.1) is 11.3 Å². The lowest BCUT2D eigenvalue weighted by atomic mass is 10.0. The van der Waals surface area contributed by atoms with Gasteiger partial charge in [-0.3, -0.25) is 0 Å². The van der Waals surface area contributed by atoms with Crippen LogP contribution in [0.2, 0.25) is 0 Å². The van der Waals surface area contributed by atoms with Crippen LogP contribution in [0.5, 0.6) is 11.8 Å². The van der Waals surface area contributed by atoms with Gasteiger partial charge in [0.2, 0.25) is 0 Å². The van der Waals surface area contributed by atoms with Crippen LogP contribution in [0.15, 0.2) is 66.7 Å². The molecule has 0 unspecified atom stereocenters. The molecule has 54 heavy (non-hydrogen) atoms. The molecule has 1 saturated heterocycles. The second-order valence-electron chi connectivity index (χ2n) is 15.4. The van der Waals surface area contributed by atoms with E-state index in [0.29, 0.717) is 45.0 Å². The molecule has 2 aliphatic heterocycles. The Morgan fingerprint density at radius 2 is 1.78 bits per heavy atom. The fraction of sp³-hybridized carbons (Fsp3) is 0.439. The Balaban J connectivity index is 1.16. The Bertz CT molecular complexity index is 2060. The van der Waals surface area contributed by atoms with E-state index in [9.17, 15) is 20.0 Å². The lowest BCUT2D eigenvalue weighted by Crippen LogP contribution is -2.55. The summed E-state index contributed by atoms with van der Waals surface area (Å²) >= 11 is 0. The zero-order chi connectivity index (χ0) is 38.0. The number of piperazine rings is 1. The first-order chi connectivity index (χ1) is 25.9. The molecule has 4 aromatic rings. The predicted octanol–water partition coefficient (Wildman–Crippen LogP) is 6.42. The Kier molecular flexibility index (Phi) is 10.1. The second kappa shape index (κ2) is 14.9. The fourth-order valence-corrected chi connectivity index (χ4v) is 7.27. The molecule has 1 atom stereocenters. The fourth-order valence-electron chi connectivity index (χ4n) is 7.27. The van der Waals surface area contributed by atoms with Crippen molar-refractivity contribution in [2.24, 2.45) is 0 Å². The zero-order valence-electron chi connectivity index (χ0n) is 31.3. The number of ether oxygens (including phenoxy) is 3. The van der Waals surface area contributed by atoms with Gasteiger partial charge in [-0.05, 0) is 57.0 Å². The molecule has 13 heteroatoms. The normalized spacial score (nSPS) is 17.7. The highest BCUT2D eigenvalue weighted by molar-refractivity contribution is 5.95. The monoisotopic (exact) mass is 733 g/mol. The smallest absolute Gasteiger partial charge is 0.410 e. The van der Waals surface area contributed by atoms with Crippen LogP contribution in [0.4, 0.5) is 21.1 Å². The maximum absolute atomic E-state index is 13.3. The molecule has 1 saturated carbocycles. The predicted molar refractivity (Wildman–Crippen MR) is 203 cm³/mol. The number of anilines is 2. The third-order valence-corrected chi connectivity index (χ3v) is 10.4. The van der Waals surface area contributed by atoms with Crippen LogP contribution in [-0.4, -0.2) is 94.1 Å². The SMILES string of the molecule is CN(C(=O)OC(C)(C)C)C1(COc2nc3c(c(N4CCN(C(=O)OCc5ccccc5)[C@@H](CC#N)C4)n2)CCN(c2cc(O)cc4ccccc24)C3)CC1. The van der Waals surface area contributed by atoms with E-state index < -0.39 is 29.4 Å². The largest absolute Gasteiger partial charge is 0.508 e. The quantitative estimate of drug-likeness (QED) is 0.204. The van der Waals surface area contributed by atoms with Crippen LogP contribution >= 0.6 is 0 Å². The van der Waals surface area contributed by atoms with Gasteiger partial charge in [-0.15, -0.1) is 0 Å². The molecule has 1 aromatic heterocycles. The van der Waals surface area contributed by atoms with Gasteiger partial charge in [0.25, 0.3) is 0 Å². The van der Waals surface area contributed by atoms with Crippen molar-refractivity contribution in [2.45, 2.75) is 76.8 Å². The van der Waals surface area contributed by atoms with E-state index in [-0.39, 0.29) is 31.4 Å². The maximum Gasteiger partial charge on any atom is 0.410 e. The minimum atomic E-state index is -0.627. The van der Waals surface area contributed by atoms with E-state index in [1.807, 2.05) is 69.3 Å². The molecule has 3 aromatic carbocycles. The highest BCUT2D eigenvalue weighted by Gasteiger charge is 2.51. The lowest BCUT2D eigenvalue weighted by Gasteiger charge is -2.42. The van der Waals surface area contributed by atoms with Gasteiger partial charge >= 0.3 is 18.2 Å². The molecule has 3 aliphatic rings. The van der Waals surface area contributed by atoms with Crippen molar-refractivity contribution in [1.82, 2.24) is 19.8 Å². The molecule has 2 fully saturated rings. The Morgan fingerprint density at radius 1 is 1.02 bits per heavy atom. The van der Waals surface area contributed by atoms with E-state index in [1.165, 1.54) is 0 Å². The number of phenolic OH excluding ortho intramolecular Hbond substituents is 1. The van der Waals surface area contributed by atoms with Crippen LogP contribution in [0.3, 0.4) is 0 Å². The number of nitrogens with zero attached hydrogens (tertiary/aromatic N) is 7. The first kappa shape index (κ1) is 36.6. The molecule has 13 nitrogen and oxygen atoms in total. The van der Waals surface area contributed by atoms with Crippen LogP contribution in [0.25, 0.3) is 10.8 Å². The molecular weight excluding hydrogens is 686 g/mol. The highest BCUT2D eigenvalue weighted by Crippen LogP contribution is 2.42. The number of benzene rings is 3. The number of hydrogen-bond donors (Lipinski definition) is 1. The molecule has 7 rings (SSSR count). The van der Waals surface area contributed by atoms with Gasteiger partial charge < -0.3 is 38.9 Å². The zero-order valence-corrected chi connectivity index (χ0v) is 31.3. The van der Waals surface area contributed by atoms with E-state index in [2.05, 4.69) is 21.9 Å². The average Bonchev–Trinajstić information content (AvgIpc) is 3.96. The summed E-state index contributed by atoms with van der Waals surface area (Å²) in [4.78, 5) is 43.8. The molecule has 1 aliphatic carbocycles. The van der Waals surface area contributed by atoms with Crippen molar-refractivity contribution in [3.63, 3.8) is 0 Å². The number of hydrogen-bond acceptors (Lipinski definition) is 11. The number of nitriles is 1. The number of carbonyl (C=O) groups excluding carboxylic acids is 2. The average molecular weight is 734 g/mol. The summed E-state index contributed by atoms with van der Waals surface area (Å²) in [5.41, 5.74) is 2.41. The van der Waals surface area contributed by atoms with Crippen molar-refractivity contribution in [3.8, 4) is 17.8 Å². The molecular formula is C41H47N7O6. The van der Waals surface area contributed by atoms with Gasteiger partial charge in [-0.25, -0.2) is 9.59 Å². The number of aromatic nitrogens is 2. The summed E-state index contributed by atoms with van der Waals surface area (Å²) in [5.74, 6) is 0.899. The molecule has 1 N–H and O–H groups in total. The van der Waals surface area contributed by atoms with Gasteiger partial charge in [0.1, 0.15) is 30.4 Å². The lowest BCUT2D eigenvalue weighted by molar-refractivity contribution is 0.0134. The van der Waals surface area contributed by atoms with Crippen LogP contribution < -0.4 is 14.5 Å². The standard InChI is InChI=1S/C41H47N7O6/c1-40(2,3)54-38(50)45(4)41(16-17-41)27-53-37-43-34-25-46(35-23-31(49)22-29-12-8-9-13-32(29)35)19-15-33(34)36(44-37)47-20-21-48(30(24-47)14-18-42)39(51)52-26-28-10-6-5-7-11-28/h5-13,22-23,30,49H,14-17,19-21,24-27H2,1-4H3/t30-/m0/s1. The third kappa shape index (κ3) is 7.93. The van der Waals surface area contributed by atoms with E-state index in [1.54, 1.807) is 29.0 Å². The minimum absolute atomic E-state index is 0.130. The van der Waals surface area contributed by atoms with Crippen molar-refractivity contribution in [1.29, 1.82) is 5.26 Å². The third-order valence-electron chi connectivity index (χ3n) is 10.4. The summed E-state index contributed by atoms with van der Waals surface area (Å²) in [5, 5.41) is 22.4. The van der Waals surface area contributed by atoms with Gasteiger partial charge in [0.15, 0.2) is 0 Å². The second-order valence-corrected chi connectivity index (χ2v) is 15.4. The van der Waals surface area contributed by atoms with Crippen molar-refractivity contribution in [2.75, 3.05) is 49.6 Å². The number of carbonyl (C=O) groups is 2. The number of fused-ring (bicyclic) bond motifs is 2.